The number of hydrogen-bond acceptors (Lipinski definition) is 2. The molecule has 2 N–H and O–H groups in total. The van der Waals surface area contributed by atoms with Crippen LogP contribution in [0.4, 0.5) is 4.39 Å². The maximum atomic E-state index is 12.6. The molecule has 0 bridgehead atoms. The van der Waals surface area contributed by atoms with Gasteiger partial charge in [-0.2, -0.15) is 0 Å². The molecular weight excluding hydrogens is 185 g/mol. The van der Waals surface area contributed by atoms with Crippen LogP contribution in [0.3, 0.4) is 0 Å². The number of nitrogens with two attached hydrogens (primary N) is 1. The number of amides is 1. The normalized spacial score (nSPS) is 30.0. The van der Waals surface area contributed by atoms with Crippen LogP contribution >= 0.6 is 0 Å². The first-order valence-corrected chi connectivity index (χ1v) is 4.27. The molecule has 74 valence electrons. The van der Waals surface area contributed by atoms with Crippen LogP contribution in [0.1, 0.15) is 18.6 Å². The molecule has 2 rings (SSSR count). The Morgan fingerprint density at radius 1 is 1.50 bits per heavy atom. The molecule has 1 aromatic carbocycles. The molecule has 0 aromatic heterocycles. The summed E-state index contributed by atoms with van der Waals surface area (Å²) in [6, 6.07) is 5.85. The van der Waals surface area contributed by atoms with E-state index in [4.69, 9.17) is 10.5 Å². The summed E-state index contributed by atoms with van der Waals surface area (Å²) in [5, 5.41) is 0. The van der Waals surface area contributed by atoms with E-state index < -0.39 is 11.5 Å². The Labute approximate surface area is 80.7 Å². The van der Waals surface area contributed by atoms with Crippen LogP contribution < -0.4 is 5.73 Å². The third kappa shape index (κ3) is 1.28. The molecule has 3 nitrogen and oxygen atoms in total. The lowest BCUT2D eigenvalue weighted by molar-refractivity contribution is -0.122. The fourth-order valence-corrected chi connectivity index (χ4v) is 1.42. The van der Waals surface area contributed by atoms with Crippen molar-refractivity contribution in [1.82, 2.24) is 0 Å². The zero-order chi connectivity index (χ0) is 10.3. The van der Waals surface area contributed by atoms with Crippen LogP contribution in [0.5, 0.6) is 0 Å². The minimum atomic E-state index is -0.919. The second-order valence-corrected chi connectivity index (χ2v) is 3.52. The average molecular weight is 195 g/mol. The summed E-state index contributed by atoms with van der Waals surface area (Å²) in [6.45, 7) is 1.63. The summed E-state index contributed by atoms with van der Waals surface area (Å²) in [5.74, 6) is -0.804. The lowest BCUT2D eigenvalue weighted by Gasteiger charge is -1.99. The van der Waals surface area contributed by atoms with Gasteiger partial charge < -0.3 is 10.5 Å². The lowest BCUT2D eigenvalue weighted by Crippen LogP contribution is -2.29. The van der Waals surface area contributed by atoms with Gasteiger partial charge in [0.1, 0.15) is 11.9 Å². The molecular formula is C10H10FNO2. The topological polar surface area (TPSA) is 55.6 Å². The summed E-state index contributed by atoms with van der Waals surface area (Å²) in [5.41, 5.74) is 5.00. The smallest absolute Gasteiger partial charge is 0.252 e. The number of ether oxygens (including phenoxy) is 1. The van der Waals surface area contributed by atoms with Gasteiger partial charge in [0.2, 0.25) is 0 Å². The van der Waals surface area contributed by atoms with Crippen molar-refractivity contribution >= 4 is 5.91 Å². The summed E-state index contributed by atoms with van der Waals surface area (Å²) < 4.78 is 17.8. The van der Waals surface area contributed by atoms with E-state index in [1.54, 1.807) is 19.1 Å². The highest BCUT2D eigenvalue weighted by Gasteiger charge is 2.58. The van der Waals surface area contributed by atoms with Crippen LogP contribution in [0.15, 0.2) is 24.3 Å². The van der Waals surface area contributed by atoms with E-state index in [9.17, 15) is 9.18 Å². The predicted molar refractivity (Wildman–Crippen MR) is 47.8 cm³/mol. The minimum Gasteiger partial charge on any atom is -0.367 e. The van der Waals surface area contributed by atoms with Gasteiger partial charge in [0.25, 0.3) is 5.91 Å². The first-order valence-electron chi connectivity index (χ1n) is 4.27. The Morgan fingerprint density at radius 3 is 2.50 bits per heavy atom. The van der Waals surface area contributed by atoms with E-state index in [1.165, 1.54) is 12.1 Å². The Balaban J connectivity index is 2.21. The number of carbonyl (C=O) groups is 1. The molecule has 1 aliphatic rings. The number of hydrogen-bond donors (Lipinski definition) is 1. The third-order valence-electron chi connectivity index (χ3n) is 2.47. The molecule has 4 heteroatoms. The van der Waals surface area contributed by atoms with Crippen molar-refractivity contribution in [3.63, 3.8) is 0 Å². The standard InChI is InChI=1S/C10H10FNO2/c1-10(9(12)13)8(14-10)6-2-4-7(11)5-3-6/h2-5,8H,1H3,(H2,12,13). The molecule has 2 atom stereocenters. The monoisotopic (exact) mass is 195 g/mol. The Bertz CT molecular complexity index is 376. The van der Waals surface area contributed by atoms with Gasteiger partial charge in [-0.05, 0) is 24.6 Å². The number of benzene rings is 1. The van der Waals surface area contributed by atoms with E-state index in [-0.39, 0.29) is 11.9 Å². The first kappa shape index (κ1) is 9.15. The predicted octanol–water partition coefficient (Wildman–Crippen LogP) is 1.14. The molecule has 1 aromatic rings. The Morgan fingerprint density at radius 2 is 2.07 bits per heavy atom. The van der Waals surface area contributed by atoms with Crippen LogP contribution in [0, 0.1) is 5.82 Å². The number of epoxide rings is 1. The van der Waals surface area contributed by atoms with E-state index in [0.717, 1.165) is 5.56 Å². The van der Waals surface area contributed by atoms with Crippen molar-refractivity contribution in [3.8, 4) is 0 Å². The molecule has 1 fully saturated rings. The van der Waals surface area contributed by atoms with Crippen molar-refractivity contribution in [3.05, 3.63) is 35.6 Å². The van der Waals surface area contributed by atoms with Crippen molar-refractivity contribution in [2.75, 3.05) is 0 Å². The molecule has 1 aliphatic heterocycles. The second kappa shape index (κ2) is 2.78. The van der Waals surface area contributed by atoms with Gasteiger partial charge >= 0.3 is 0 Å². The van der Waals surface area contributed by atoms with E-state index in [2.05, 4.69) is 0 Å². The van der Waals surface area contributed by atoms with Crippen molar-refractivity contribution < 1.29 is 13.9 Å². The van der Waals surface area contributed by atoms with Gasteiger partial charge in [0, 0.05) is 0 Å². The fourth-order valence-electron chi connectivity index (χ4n) is 1.42. The molecule has 14 heavy (non-hydrogen) atoms. The van der Waals surface area contributed by atoms with Crippen LogP contribution in [0.25, 0.3) is 0 Å². The second-order valence-electron chi connectivity index (χ2n) is 3.52. The molecule has 1 amide bonds. The van der Waals surface area contributed by atoms with E-state index in [0.29, 0.717) is 0 Å². The molecule has 1 saturated heterocycles. The quantitative estimate of drug-likeness (QED) is 0.719. The molecule has 0 radical (unpaired) electrons. The largest absolute Gasteiger partial charge is 0.367 e. The van der Waals surface area contributed by atoms with E-state index >= 15 is 0 Å². The van der Waals surface area contributed by atoms with Crippen molar-refractivity contribution in [2.24, 2.45) is 5.73 Å². The van der Waals surface area contributed by atoms with Crippen LogP contribution in [-0.2, 0) is 9.53 Å². The Kier molecular flexibility index (Phi) is 1.82. The minimum absolute atomic E-state index is 0.310. The lowest BCUT2D eigenvalue weighted by atomic mass is 10.0. The van der Waals surface area contributed by atoms with Crippen molar-refractivity contribution in [2.45, 2.75) is 18.6 Å². The van der Waals surface area contributed by atoms with Gasteiger partial charge in [-0.3, -0.25) is 4.79 Å². The third-order valence-corrected chi connectivity index (χ3v) is 2.47. The summed E-state index contributed by atoms with van der Waals surface area (Å²) >= 11 is 0. The number of primary amides is 1. The first-order chi connectivity index (χ1) is 6.54. The average Bonchev–Trinajstić information content (AvgIpc) is 2.81. The highest BCUT2D eigenvalue weighted by molar-refractivity contribution is 5.86. The SMILES string of the molecule is CC1(C(N)=O)OC1c1ccc(F)cc1. The number of rotatable bonds is 2. The zero-order valence-corrected chi connectivity index (χ0v) is 7.66. The molecule has 0 spiro atoms. The van der Waals surface area contributed by atoms with Gasteiger partial charge in [-0.15, -0.1) is 0 Å². The van der Waals surface area contributed by atoms with Gasteiger partial charge in [0.15, 0.2) is 5.60 Å². The van der Waals surface area contributed by atoms with Crippen LogP contribution in [-0.4, -0.2) is 11.5 Å². The van der Waals surface area contributed by atoms with Gasteiger partial charge in [-0.25, -0.2) is 4.39 Å². The fraction of sp³-hybridized carbons (Fsp3) is 0.300. The summed E-state index contributed by atoms with van der Waals surface area (Å²) in [7, 11) is 0. The highest BCUT2D eigenvalue weighted by Crippen LogP contribution is 2.48. The highest BCUT2D eigenvalue weighted by atomic mass is 19.1. The maximum absolute atomic E-state index is 12.6. The Hall–Kier alpha value is -1.42. The maximum Gasteiger partial charge on any atom is 0.252 e. The van der Waals surface area contributed by atoms with Gasteiger partial charge in [0.05, 0.1) is 0 Å². The number of halogens is 1. The summed E-state index contributed by atoms with van der Waals surface area (Å²) in [4.78, 5) is 11.0. The molecule has 1 heterocycles. The van der Waals surface area contributed by atoms with Crippen LogP contribution in [0.2, 0.25) is 0 Å². The summed E-state index contributed by atoms with van der Waals surface area (Å²) in [6.07, 6.45) is -0.333. The molecule has 0 saturated carbocycles. The number of carbonyl (C=O) groups excluding carboxylic acids is 1. The van der Waals surface area contributed by atoms with E-state index in [1.807, 2.05) is 0 Å². The zero-order valence-electron chi connectivity index (χ0n) is 7.66. The van der Waals surface area contributed by atoms with Gasteiger partial charge in [-0.1, -0.05) is 12.1 Å². The molecule has 2 unspecified atom stereocenters. The van der Waals surface area contributed by atoms with Crippen molar-refractivity contribution in [1.29, 1.82) is 0 Å². The molecule has 0 aliphatic carbocycles.